The van der Waals surface area contributed by atoms with E-state index in [0.717, 1.165) is 13.1 Å². The van der Waals surface area contributed by atoms with Crippen LogP contribution in [0.4, 0.5) is 19.1 Å². The molecule has 0 atom stereocenters. The first-order valence-corrected chi connectivity index (χ1v) is 8.13. The Kier molecular flexibility index (Phi) is 6.87. The van der Waals surface area contributed by atoms with Gasteiger partial charge in [-0.3, -0.25) is 4.48 Å². The van der Waals surface area contributed by atoms with Crippen molar-refractivity contribution in [1.82, 2.24) is 19.4 Å². The number of aromatic nitrogens is 3. The van der Waals surface area contributed by atoms with Gasteiger partial charge in [-0.25, -0.2) is 8.42 Å². The number of rotatable bonds is 3. The van der Waals surface area contributed by atoms with Gasteiger partial charge in [-0.05, 0) is 0 Å². The minimum atomic E-state index is -6.09. The van der Waals surface area contributed by atoms with Crippen molar-refractivity contribution in [3.8, 4) is 12.0 Å². The highest BCUT2D eigenvalue weighted by molar-refractivity contribution is 7.86. The molecule has 1 fully saturated rings. The zero-order valence-electron chi connectivity index (χ0n) is 13.6. The molecule has 14 heteroatoms. The third-order valence-electron chi connectivity index (χ3n) is 3.17. The topological polar surface area (TPSA) is 124 Å². The molecule has 0 amide bonds. The average molecular weight is 390 g/mol. The van der Waals surface area contributed by atoms with E-state index in [4.69, 9.17) is 27.2 Å². The highest BCUT2D eigenvalue weighted by atomic mass is 32.2. The summed E-state index contributed by atoms with van der Waals surface area (Å²) in [5.41, 5.74) is -5.65. The van der Waals surface area contributed by atoms with Crippen molar-refractivity contribution in [2.24, 2.45) is 0 Å². The molecule has 1 aliphatic rings. The fraction of sp³-hybridized carbons (Fsp3) is 0.727. The molecule has 2 heterocycles. The van der Waals surface area contributed by atoms with Crippen LogP contribution in [0.1, 0.15) is 0 Å². The van der Waals surface area contributed by atoms with E-state index >= 15 is 0 Å². The van der Waals surface area contributed by atoms with Gasteiger partial charge in [0.2, 0.25) is 0 Å². The van der Waals surface area contributed by atoms with Gasteiger partial charge in [-0.15, -0.1) is 15.0 Å². The fourth-order valence-electron chi connectivity index (χ4n) is 1.70. The highest BCUT2D eigenvalue weighted by Crippen LogP contribution is 2.22. The molecule has 0 aromatic carbocycles. The summed E-state index contributed by atoms with van der Waals surface area (Å²) < 4.78 is 75.0. The number of methoxy groups -OCH3 is 2. The Morgan fingerprint density at radius 3 is 1.80 bits per heavy atom. The van der Waals surface area contributed by atoms with Crippen LogP contribution in [0.2, 0.25) is 0 Å². The number of quaternary nitrogens is 1. The zero-order chi connectivity index (χ0) is 19.3. The summed E-state index contributed by atoms with van der Waals surface area (Å²) in [7, 11) is -0.973. The number of hydrogen-bond acceptors (Lipinski definition) is 9. The molecule has 0 bridgehead atoms. The summed E-state index contributed by atoms with van der Waals surface area (Å²) >= 11 is 0. The molecular weight excluding hydrogens is 373 g/mol. The molecule has 0 aliphatic carbocycles. The van der Waals surface area contributed by atoms with Gasteiger partial charge in [0.25, 0.3) is 0 Å². The second kappa shape index (κ2) is 8.07. The number of morpholine rings is 1. The van der Waals surface area contributed by atoms with Crippen LogP contribution in [0.15, 0.2) is 0 Å². The number of ether oxygens (including phenoxy) is 3. The molecule has 1 aromatic heterocycles. The maximum absolute atomic E-state index is 10.7. The van der Waals surface area contributed by atoms with Crippen molar-refractivity contribution in [1.29, 1.82) is 0 Å². The lowest BCUT2D eigenvalue weighted by atomic mass is 10.4. The van der Waals surface area contributed by atoms with Crippen LogP contribution in [-0.2, 0) is 14.9 Å². The number of hydrogen-bond donors (Lipinski definition) is 0. The molecule has 0 radical (unpaired) electrons. The van der Waals surface area contributed by atoms with Crippen LogP contribution in [0.5, 0.6) is 12.0 Å². The minimum Gasteiger partial charge on any atom is -0.741 e. The van der Waals surface area contributed by atoms with Gasteiger partial charge in [-0.2, -0.15) is 13.2 Å². The van der Waals surface area contributed by atoms with Crippen LogP contribution in [0.3, 0.4) is 0 Å². The SMILES string of the molecule is COc1nc(OC)nc([N+]2(C)CCOCC2)n1.O=S(=O)([O-])C(F)(F)F. The Morgan fingerprint density at radius 1 is 1.08 bits per heavy atom. The second-order valence-electron chi connectivity index (χ2n) is 4.96. The van der Waals surface area contributed by atoms with Crippen LogP contribution in [0.25, 0.3) is 0 Å². The highest BCUT2D eigenvalue weighted by Gasteiger charge is 2.37. The minimum absolute atomic E-state index is 0.276. The van der Waals surface area contributed by atoms with E-state index in [9.17, 15) is 13.2 Å². The van der Waals surface area contributed by atoms with Crippen molar-refractivity contribution >= 4 is 16.1 Å². The number of alkyl halides is 3. The molecule has 0 spiro atoms. The maximum Gasteiger partial charge on any atom is 0.485 e. The summed E-state index contributed by atoms with van der Waals surface area (Å²) in [6.07, 6.45) is 0. The molecule has 144 valence electrons. The molecule has 0 saturated carbocycles. The summed E-state index contributed by atoms with van der Waals surface area (Å²) in [5, 5.41) is 0. The van der Waals surface area contributed by atoms with Crippen molar-refractivity contribution in [2.75, 3.05) is 47.6 Å². The monoisotopic (exact) mass is 390 g/mol. The lowest BCUT2D eigenvalue weighted by molar-refractivity contribution is -0.0517. The van der Waals surface area contributed by atoms with E-state index in [0.29, 0.717) is 23.6 Å². The van der Waals surface area contributed by atoms with E-state index in [-0.39, 0.29) is 12.0 Å². The molecule has 1 aromatic rings. The van der Waals surface area contributed by atoms with Gasteiger partial charge >= 0.3 is 23.5 Å². The van der Waals surface area contributed by atoms with Gasteiger partial charge in [0, 0.05) is 0 Å². The van der Waals surface area contributed by atoms with Gasteiger partial charge in [0.1, 0.15) is 13.1 Å². The Hall–Kier alpha value is -1.77. The Labute approximate surface area is 141 Å². The van der Waals surface area contributed by atoms with Crippen molar-refractivity contribution in [2.45, 2.75) is 5.51 Å². The van der Waals surface area contributed by atoms with Gasteiger partial charge < -0.3 is 18.8 Å². The largest absolute Gasteiger partial charge is 0.741 e. The fourth-order valence-corrected chi connectivity index (χ4v) is 1.70. The average Bonchev–Trinajstić information content (AvgIpc) is 2.53. The smallest absolute Gasteiger partial charge is 0.485 e. The third kappa shape index (κ3) is 5.91. The first-order chi connectivity index (χ1) is 11.4. The zero-order valence-corrected chi connectivity index (χ0v) is 14.4. The summed E-state index contributed by atoms with van der Waals surface area (Å²) in [4.78, 5) is 12.6. The lowest BCUT2D eigenvalue weighted by Crippen LogP contribution is -2.54. The predicted octanol–water partition coefficient (Wildman–Crippen LogP) is -0.0925. The molecule has 25 heavy (non-hydrogen) atoms. The lowest BCUT2D eigenvalue weighted by Gasteiger charge is -2.34. The van der Waals surface area contributed by atoms with E-state index in [2.05, 4.69) is 22.0 Å². The Bertz CT molecular complexity index is 657. The first kappa shape index (κ1) is 21.3. The molecule has 2 rings (SSSR count). The van der Waals surface area contributed by atoms with Gasteiger partial charge in [-0.1, -0.05) is 0 Å². The second-order valence-corrected chi connectivity index (χ2v) is 6.34. The summed E-state index contributed by atoms with van der Waals surface area (Å²) in [5.74, 6) is 0.650. The van der Waals surface area contributed by atoms with Crippen molar-refractivity contribution in [3.05, 3.63) is 0 Å². The summed E-state index contributed by atoms with van der Waals surface area (Å²) in [6.45, 7) is 3.06. The van der Waals surface area contributed by atoms with Gasteiger partial charge in [0.15, 0.2) is 10.1 Å². The van der Waals surface area contributed by atoms with Crippen molar-refractivity contribution in [3.63, 3.8) is 0 Å². The number of likely N-dealkylation sites (N-methyl/N-ethyl adjacent to an activating group) is 1. The van der Waals surface area contributed by atoms with Crippen LogP contribution < -0.4 is 14.0 Å². The Morgan fingerprint density at radius 2 is 1.48 bits per heavy atom. The van der Waals surface area contributed by atoms with Crippen molar-refractivity contribution < 1.29 is 40.4 Å². The normalized spacial score (nSPS) is 17.2. The summed E-state index contributed by atoms with van der Waals surface area (Å²) in [6, 6.07) is 0.551. The molecule has 10 nitrogen and oxygen atoms in total. The van der Waals surface area contributed by atoms with E-state index in [1.807, 2.05) is 0 Å². The van der Waals surface area contributed by atoms with Crippen LogP contribution >= 0.6 is 0 Å². The van der Waals surface area contributed by atoms with E-state index in [1.54, 1.807) is 0 Å². The number of halogens is 3. The van der Waals surface area contributed by atoms with E-state index in [1.165, 1.54) is 14.2 Å². The number of nitrogens with zero attached hydrogens (tertiary/aromatic N) is 4. The van der Waals surface area contributed by atoms with E-state index < -0.39 is 15.6 Å². The first-order valence-electron chi connectivity index (χ1n) is 6.72. The quantitative estimate of drug-likeness (QED) is 0.395. The molecule has 0 unspecified atom stereocenters. The molecule has 0 N–H and O–H groups in total. The molecule has 1 aliphatic heterocycles. The molecular formula is C11H17F3N4O6S. The maximum atomic E-state index is 10.7. The van der Waals surface area contributed by atoms with Crippen LogP contribution in [-0.4, -0.2) is 81.0 Å². The molecule has 1 saturated heterocycles. The standard InChI is InChI=1S/C10H17N4O3.CHF3O3S/c1-14(4-6-17-7-5-14)8-11-9(15-2)13-10(12-8)16-3;2-1(3,4)8(5,6)7/h4-7H2,1-3H3;(H,5,6,7)/q+1;/p-1. The predicted molar refractivity (Wildman–Crippen MR) is 77.0 cm³/mol. The Balaban J connectivity index is 0.000000333. The van der Waals surface area contributed by atoms with Crippen LogP contribution in [0, 0.1) is 0 Å². The third-order valence-corrected chi connectivity index (χ3v) is 3.74. The van der Waals surface area contributed by atoms with Gasteiger partial charge in [0.05, 0.1) is 34.5 Å².